The fourth-order valence-corrected chi connectivity index (χ4v) is 4.87. The molecule has 1 heteroatoms. The average molecular weight is 286 g/mol. The van der Waals surface area contributed by atoms with Crippen LogP contribution in [0.4, 0.5) is 0 Å². The molecule has 0 saturated heterocycles. The molecule has 0 amide bonds. The molecule has 21 heavy (non-hydrogen) atoms. The van der Waals surface area contributed by atoms with Crippen LogP contribution in [0.2, 0.25) is 0 Å². The van der Waals surface area contributed by atoms with Crippen LogP contribution in [0.3, 0.4) is 0 Å². The molecular formula is C20H30O. The number of carbonyl (C=O) groups is 1. The van der Waals surface area contributed by atoms with E-state index in [9.17, 15) is 4.79 Å². The summed E-state index contributed by atoms with van der Waals surface area (Å²) in [7, 11) is 0. The Hall–Kier alpha value is -1.11. The van der Waals surface area contributed by atoms with Gasteiger partial charge in [-0.05, 0) is 60.8 Å². The van der Waals surface area contributed by atoms with Crippen LogP contribution in [-0.2, 0) is 4.79 Å². The van der Waals surface area contributed by atoms with Crippen LogP contribution in [0.5, 0.6) is 0 Å². The SMILES string of the molecule is C=C/C(C)=C/C[C@H]1C(C=O)=CCC2C(C)(C)CCC[C@@]21C. The minimum Gasteiger partial charge on any atom is -0.298 e. The third-order valence-electron chi connectivity index (χ3n) is 6.20. The lowest BCUT2D eigenvalue weighted by Gasteiger charge is -2.56. The molecule has 0 bridgehead atoms. The van der Waals surface area contributed by atoms with Gasteiger partial charge in [0.2, 0.25) is 0 Å². The summed E-state index contributed by atoms with van der Waals surface area (Å²) in [5.74, 6) is 1.05. The zero-order chi connectivity index (χ0) is 15.7. The lowest BCUT2D eigenvalue weighted by Crippen LogP contribution is -2.48. The van der Waals surface area contributed by atoms with E-state index in [0.717, 1.165) is 24.7 Å². The Morgan fingerprint density at radius 3 is 2.71 bits per heavy atom. The second-order valence-corrected chi connectivity index (χ2v) is 7.90. The first-order valence-corrected chi connectivity index (χ1v) is 8.29. The topological polar surface area (TPSA) is 17.1 Å². The van der Waals surface area contributed by atoms with E-state index in [1.54, 1.807) is 0 Å². The molecule has 2 aliphatic carbocycles. The highest BCUT2D eigenvalue weighted by Crippen LogP contribution is 2.60. The van der Waals surface area contributed by atoms with Gasteiger partial charge in [-0.25, -0.2) is 0 Å². The maximum absolute atomic E-state index is 11.6. The van der Waals surface area contributed by atoms with Crippen LogP contribution < -0.4 is 0 Å². The fourth-order valence-electron chi connectivity index (χ4n) is 4.87. The van der Waals surface area contributed by atoms with Crippen molar-refractivity contribution in [2.75, 3.05) is 0 Å². The van der Waals surface area contributed by atoms with Gasteiger partial charge in [-0.1, -0.05) is 57.6 Å². The molecule has 0 aliphatic heterocycles. The number of hydrogen-bond acceptors (Lipinski definition) is 1. The van der Waals surface area contributed by atoms with E-state index in [4.69, 9.17) is 0 Å². The number of carbonyl (C=O) groups excluding carboxylic acids is 1. The maximum atomic E-state index is 11.6. The van der Waals surface area contributed by atoms with Crippen molar-refractivity contribution in [1.29, 1.82) is 0 Å². The molecule has 0 N–H and O–H groups in total. The number of allylic oxidation sites excluding steroid dienone is 5. The first-order valence-electron chi connectivity index (χ1n) is 8.29. The Kier molecular flexibility index (Phi) is 4.60. The average Bonchev–Trinajstić information content (AvgIpc) is 2.43. The molecular weight excluding hydrogens is 256 g/mol. The molecule has 0 aromatic rings. The summed E-state index contributed by atoms with van der Waals surface area (Å²) < 4.78 is 0. The quantitative estimate of drug-likeness (QED) is 0.493. The van der Waals surface area contributed by atoms with Gasteiger partial charge in [0.25, 0.3) is 0 Å². The maximum Gasteiger partial charge on any atom is 0.146 e. The van der Waals surface area contributed by atoms with Crippen molar-refractivity contribution in [1.82, 2.24) is 0 Å². The van der Waals surface area contributed by atoms with E-state index >= 15 is 0 Å². The molecule has 0 aromatic carbocycles. The third kappa shape index (κ3) is 2.93. The van der Waals surface area contributed by atoms with Gasteiger partial charge in [0.15, 0.2) is 0 Å². The number of fused-ring (bicyclic) bond motifs is 1. The van der Waals surface area contributed by atoms with Gasteiger partial charge in [0.1, 0.15) is 6.29 Å². The van der Waals surface area contributed by atoms with Gasteiger partial charge in [-0.3, -0.25) is 4.79 Å². The largest absolute Gasteiger partial charge is 0.298 e. The highest BCUT2D eigenvalue weighted by molar-refractivity contribution is 5.74. The smallest absolute Gasteiger partial charge is 0.146 e. The van der Waals surface area contributed by atoms with Gasteiger partial charge >= 0.3 is 0 Å². The monoisotopic (exact) mass is 286 g/mol. The minimum atomic E-state index is 0.255. The van der Waals surface area contributed by atoms with E-state index in [-0.39, 0.29) is 5.41 Å². The molecule has 1 nitrogen and oxygen atoms in total. The second kappa shape index (κ2) is 5.94. The first-order chi connectivity index (χ1) is 9.85. The van der Waals surface area contributed by atoms with Crippen LogP contribution in [0.1, 0.15) is 59.8 Å². The Bertz CT molecular complexity index is 480. The van der Waals surface area contributed by atoms with Crippen molar-refractivity contribution in [3.63, 3.8) is 0 Å². The predicted octanol–water partition coefficient (Wildman–Crippen LogP) is 5.49. The van der Waals surface area contributed by atoms with Gasteiger partial charge in [-0.15, -0.1) is 0 Å². The lowest BCUT2D eigenvalue weighted by molar-refractivity contribution is -0.107. The van der Waals surface area contributed by atoms with Gasteiger partial charge in [0.05, 0.1) is 0 Å². The Balaban J connectivity index is 2.38. The summed E-state index contributed by atoms with van der Waals surface area (Å²) in [4.78, 5) is 11.6. The molecule has 1 fully saturated rings. The molecule has 0 radical (unpaired) electrons. The molecule has 3 atom stereocenters. The summed E-state index contributed by atoms with van der Waals surface area (Å²) in [5, 5.41) is 0. The zero-order valence-electron chi connectivity index (χ0n) is 14.1. The molecule has 2 rings (SSSR count). The predicted molar refractivity (Wildman–Crippen MR) is 90.1 cm³/mol. The molecule has 0 aromatic heterocycles. The second-order valence-electron chi connectivity index (χ2n) is 7.90. The highest BCUT2D eigenvalue weighted by Gasteiger charge is 2.51. The fraction of sp³-hybridized carbons (Fsp3) is 0.650. The van der Waals surface area contributed by atoms with Crippen molar-refractivity contribution in [3.05, 3.63) is 36.0 Å². The van der Waals surface area contributed by atoms with Crippen LogP contribution in [0.25, 0.3) is 0 Å². The van der Waals surface area contributed by atoms with E-state index in [1.807, 2.05) is 6.08 Å². The van der Waals surface area contributed by atoms with Crippen molar-refractivity contribution in [2.45, 2.75) is 59.8 Å². The van der Waals surface area contributed by atoms with Gasteiger partial charge < -0.3 is 0 Å². The summed E-state index contributed by atoms with van der Waals surface area (Å²) >= 11 is 0. The number of aldehydes is 1. The van der Waals surface area contributed by atoms with Crippen LogP contribution >= 0.6 is 0 Å². The van der Waals surface area contributed by atoms with Crippen LogP contribution in [-0.4, -0.2) is 6.29 Å². The Morgan fingerprint density at radius 1 is 1.38 bits per heavy atom. The highest BCUT2D eigenvalue weighted by atomic mass is 16.1. The molecule has 0 heterocycles. The van der Waals surface area contributed by atoms with Crippen molar-refractivity contribution >= 4 is 6.29 Å². The molecule has 1 unspecified atom stereocenters. The minimum absolute atomic E-state index is 0.255. The van der Waals surface area contributed by atoms with Gasteiger partial charge in [-0.2, -0.15) is 0 Å². The van der Waals surface area contributed by atoms with E-state index < -0.39 is 0 Å². The molecule has 116 valence electrons. The van der Waals surface area contributed by atoms with E-state index in [2.05, 4.69) is 46.4 Å². The van der Waals surface area contributed by atoms with Crippen molar-refractivity contribution in [2.24, 2.45) is 22.7 Å². The third-order valence-corrected chi connectivity index (χ3v) is 6.20. The number of hydrogen-bond donors (Lipinski definition) is 0. The van der Waals surface area contributed by atoms with Crippen molar-refractivity contribution < 1.29 is 4.79 Å². The summed E-state index contributed by atoms with van der Waals surface area (Å²) in [6.07, 6.45) is 13.3. The molecule has 1 saturated carbocycles. The Labute approximate surface area is 130 Å². The Morgan fingerprint density at radius 2 is 2.10 bits per heavy atom. The first kappa shape index (κ1) is 16.3. The molecule has 0 spiro atoms. The molecule has 2 aliphatic rings. The lowest BCUT2D eigenvalue weighted by atomic mass is 9.48. The van der Waals surface area contributed by atoms with Crippen LogP contribution in [0.15, 0.2) is 36.0 Å². The standard InChI is InChI=1S/C20H30O/c1-6-15(2)8-10-17-16(14-21)9-11-18-19(3,4)12-7-13-20(17,18)5/h6,8-9,14,17-18H,1,7,10-13H2,2-5H3/b15-8+/t17-,18?,20+/m0/s1. The van der Waals surface area contributed by atoms with Crippen LogP contribution in [0, 0.1) is 22.7 Å². The number of rotatable bonds is 4. The van der Waals surface area contributed by atoms with Crippen molar-refractivity contribution in [3.8, 4) is 0 Å². The summed E-state index contributed by atoms with van der Waals surface area (Å²) in [6, 6.07) is 0. The van der Waals surface area contributed by atoms with E-state index in [0.29, 0.717) is 17.3 Å². The van der Waals surface area contributed by atoms with Gasteiger partial charge in [0, 0.05) is 0 Å². The summed E-state index contributed by atoms with van der Waals surface area (Å²) in [5.41, 5.74) is 2.87. The summed E-state index contributed by atoms with van der Waals surface area (Å²) in [6.45, 7) is 13.2. The van der Waals surface area contributed by atoms with E-state index in [1.165, 1.54) is 24.8 Å². The zero-order valence-corrected chi connectivity index (χ0v) is 14.1. The normalized spacial score (nSPS) is 35.6.